The van der Waals surface area contributed by atoms with E-state index in [1.165, 1.54) is 5.56 Å². The Labute approximate surface area is 241 Å². The lowest BCUT2D eigenvalue weighted by Gasteiger charge is -2.22. The van der Waals surface area contributed by atoms with Gasteiger partial charge in [-0.3, -0.25) is 14.5 Å². The van der Waals surface area contributed by atoms with Crippen LogP contribution in [-0.4, -0.2) is 24.6 Å². The molecule has 0 unspecified atom stereocenters. The van der Waals surface area contributed by atoms with Crippen molar-refractivity contribution in [3.8, 4) is 45.3 Å². The van der Waals surface area contributed by atoms with Crippen molar-refractivity contribution in [2.24, 2.45) is 0 Å². The van der Waals surface area contributed by atoms with E-state index < -0.39 is 0 Å². The summed E-state index contributed by atoms with van der Waals surface area (Å²) in [5.41, 5.74) is 8.96. The van der Waals surface area contributed by atoms with Crippen LogP contribution in [0.2, 0.25) is 0 Å². The average Bonchev–Trinajstić information content (AvgIpc) is 3.37. The van der Waals surface area contributed by atoms with Gasteiger partial charge >= 0.3 is 0 Å². The van der Waals surface area contributed by atoms with Crippen molar-refractivity contribution in [1.82, 2.24) is 19.5 Å². The molecule has 5 heteroatoms. The fourth-order valence-electron chi connectivity index (χ4n) is 5.37. The molecule has 6 aromatic rings. The summed E-state index contributed by atoms with van der Waals surface area (Å²) in [6.45, 7) is 10.7. The van der Waals surface area contributed by atoms with E-state index in [1.807, 2.05) is 73.1 Å². The van der Waals surface area contributed by atoms with Gasteiger partial charge in [0, 0.05) is 29.2 Å². The van der Waals surface area contributed by atoms with Crippen molar-refractivity contribution >= 4 is 11.0 Å². The fraction of sp³-hybridized carbons (Fsp3) is 0.194. The number of para-hydroxylation sites is 2. The molecule has 0 fully saturated rings. The Bertz CT molecular complexity index is 1850. The van der Waals surface area contributed by atoms with Crippen molar-refractivity contribution in [3.63, 3.8) is 0 Å². The topological polar surface area (TPSA) is 63.8 Å². The Balaban J connectivity index is 1.65. The number of benzene rings is 3. The molecule has 0 saturated heterocycles. The molecule has 3 aromatic carbocycles. The first-order chi connectivity index (χ1) is 19.7. The van der Waals surface area contributed by atoms with Gasteiger partial charge in [0.1, 0.15) is 17.1 Å². The highest BCUT2D eigenvalue weighted by Gasteiger charge is 2.25. The van der Waals surface area contributed by atoms with Gasteiger partial charge in [0.25, 0.3) is 0 Å². The molecule has 0 atom stereocenters. The van der Waals surface area contributed by atoms with Gasteiger partial charge in [-0.05, 0) is 77.1 Å². The lowest BCUT2D eigenvalue weighted by atomic mass is 9.85. The van der Waals surface area contributed by atoms with Crippen molar-refractivity contribution < 1.29 is 5.11 Å². The summed E-state index contributed by atoms with van der Waals surface area (Å²) in [7, 11) is 0. The summed E-state index contributed by atoms with van der Waals surface area (Å²) in [5, 5.41) is 11.5. The number of pyridine rings is 2. The minimum atomic E-state index is -0.227. The Morgan fingerprint density at radius 2 is 1.51 bits per heavy atom. The van der Waals surface area contributed by atoms with E-state index in [4.69, 9.17) is 9.97 Å². The zero-order valence-electron chi connectivity index (χ0n) is 24.1. The molecule has 0 aliphatic heterocycles. The van der Waals surface area contributed by atoms with Crippen molar-refractivity contribution in [2.75, 3.05) is 0 Å². The summed E-state index contributed by atoms with van der Waals surface area (Å²) in [6, 6.07) is 30.6. The summed E-state index contributed by atoms with van der Waals surface area (Å²) >= 11 is 0. The average molecular weight is 539 g/mol. The molecule has 6 rings (SSSR count). The van der Waals surface area contributed by atoms with E-state index in [1.54, 1.807) is 0 Å². The van der Waals surface area contributed by atoms with Crippen LogP contribution in [0.25, 0.3) is 50.6 Å². The third kappa shape index (κ3) is 4.89. The minimum absolute atomic E-state index is 0.227. The molecule has 0 spiro atoms. The highest BCUT2D eigenvalue weighted by molar-refractivity contribution is 5.94. The molecule has 41 heavy (non-hydrogen) atoms. The molecule has 0 radical (unpaired) electrons. The summed E-state index contributed by atoms with van der Waals surface area (Å²) < 4.78 is 2.12. The number of hydrogen-bond donors (Lipinski definition) is 1. The van der Waals surface area contributed by atoms with E-state index >= 15 is 0 Å². The maximum Gasteiger partial charge on any atom is 0.149 e. The highest BCUT2D eigenvalue weighted by atomic mass is 16.3. The molecule has 3 heterocycles. The van der Waals surface area contributed by atoms with Crippen LogP contribution in [0.3, 0.4) is 0 Å². The van der Waals surface area contributed by atoms with Crippen LogP contribution in [0.5, 0.6) is 5.75 Å². The number of rotatable bonds is 5. The highest BCUT2D eigenvalue weighted by Crippen LogP contribution is 2.41. The zero-order chi connectivity index (χ0) is 28.7. The first-order valence-electron chi connectivity index (χ1n) is 14.0. The molecular weight excluding hydrogens is 504 g/mol. The normalized spacial score (nSPS) is 11.9. The Hall–Kier alpha value is -4.77. The predicted octanol–water partition coefficient (Wildman–Crippen LogP) is 8.94. The molecule has 204 valence electrons. The maximum atomic E-state index is 11.5. The number of hydrogen-bond acceptors (Lipinski definition) is 4. The van der Waals surface area contributed by atoms with Gasteiger partial charge in [0.15, 0.2) is 0 Å². The molecule has 3 aromatic heterocycles. The standard InChI is InChI=1S/C36H34N4O/c1-23(2)24-20-25(30-16-9-10-18-37-30)22-26(21-24)32-33-31(17-19-38-32)40(27-12-7-6-8-13-27)35(39-33)28-14-11-15-29(34(28)41)36(3,4)5/h6-23,41H,1-5H3. The van der Waals surface area contributed by atoms with Crippen LogP contribution in [0.15, 0.2) is 103 Å². The number of imidazole rings is 1. The van der Waals surface area contributed by atoms with Crippen molar-refractivity contribution in [2.45, 2.75) is 46.0 Å². The van der Waals surface area contributed by atoms with Crippen LogP contribution >= 0.6 is 0 Å². The Kier molecular flexibility index (Phi) is 6.66. The molecule has 1 N–H and O–H groups in total. The van der Waals surface area contributed by atoms with E-state index in [0.717, 1.165) is 44.8 Å². The summed E-state index contributed by atoms with van der Waals surface area (Å²) in [4.78, 5) is 14.7. The molecule has 0 aliphatic rings. The van der Waals surface area contributed by atoms with Gasteiger partial charge in [0.05, 0.1) is 22.5 Å². The number of nitrogens with zero attached hydrogens (tertiary/aromatic N) is 4. The maximum absolute atomic E-state index is 11.5. The molecular formula is C36H34N4O. The summed E-state index contributed by atoms with van der Waals surface area (Å²) in [6.07, 6.45) is 3.67. The van der Waals surface area contributed by atoms with Gasteiger partial charge < -0.3 is 5.11 Å². The lowest BCUT2D eigenvalue weighted by Crippen LogP contribution is -2.11. The van der Waals surface area contributed by atoms with Crippen LogP contribution < -0.4 is 0 Å². The van der Waals surface area contributed by atoms with Crippen molar-refractivity contribution in [3.05, 3.63) is 115 Å². The number of aromatic nitrogens is 4. The second-order valence-corrected chi connectivity index (χ2v) is 11.8. The van der Waals surface area contributed by atoms with Gasteiger partial charge in [-0.2, -0.15) is 0 Å². The predicted molar refractivity (Wildman–Crippen MR) is 167 cm³/mol. The molecule has 5 nitrogen and oxygen atoms in total. The van der Waals surface area contributed by atoms with Gasteiger partial charge in [-0.15, -0.1) is 0 Å². The monoisotopic (exact) mass is 538 g/mol. The summed E-state index contributed by atoms with van der Waals surface area (Å²) in [5.74, 6) is 1.25. The second kappa shape index (κ2) is 10.3. The quantitative estimate of drug-likeness (QED) is 0.238. The fourth-order valence-corrected chi connectivity index (χ4v) is 5.37. The van der Waals surface area contributed by atoms with Crippen LogP contribution in [0.4, 0.5) is 0 Å². The third-order valence-corrected chi connectivity index (χ3v) is 7.53. The third-order valence-electron chi connectivity index (χ3n) is 7.53. The number of phenolic OH excluding ortho intramolecular Hbond substituents is 1. The number of fused-ring (bicyclic) bond motifs is 1. The SMILES string of the molecule is CC(C)c1cc(-c2ccccn2)cc(-c2nccc3c2nc(-c2cccc(C(C)(C)C)c2O)n3-c2ccccc2)c1. The number of phenols is 1. The smallest absolute Gasteiger partial charge is 0.149 e. The molecule has 0 bridgehead atoms. The van der Waals surface area contributed by atoms with Crippen molar-refractivity contribution in [1.29, 1.82) is 0 Å². The largest absolute Gasteiger partial charge is 0.507 e. The molecule has 0 saturated carbocycles. The van der Waals surface area contributed by atoms with Gasteiger partial charge in [-0.1, -0.05) is 71.0 Å². The van der Waals surface area contributed by atoms with E-state index in [2.05, 4.69) is 74.5 Å². The molecule has 0 aliphatic carbocycles. The Morgan fingerprint density at radius 3 is 2.22 bits per heavy atom. The second-order valence-electron chi connectivity index (χ2n) is 11.8. The number of aromatic hydroxyl groups is 1. The van der Waals surface area contributed by atoms with Crippen LogP contribution in [0.1, 0.15) is 51.7 Å². The van der Waals surface area contributed by atoms with E-state index in [0.29, 0.717) is 17.3 Å². The first kappa shape index (κ1) is 26.5. The lowest BCUT2D eigenvalue weighted by molar-refractivity contribution is 0.448. The zero-order valence-corrected chi connectivity index (χ0v) is 24.1. The Morgan fingerprint density at radius 1 is 0.756 bits per heavy atom. The van der Waals surface area contributed by atoms with Crippen LogP contribution in [-0.2, 0) is 5.41 Å². The van der Waals surface area contributed by atoms with Gasteiger partial charge in [0.2, 0.25) is 0 Å². The van der Waals surface area contributed by atoms with Crippen LogP contribution in [0, 0.1) is 0 Å². The van der Waals surface area contributed by atoms with Gasteiger partial charge in [-0.25, -0.2) is 4.98 Å². The molecule has 0 amide bonds. The van der Waals surface area contributed by atoms with E-state index in [9.17, 15) is 5.11 Å². The van der Waals surface area contributed by atoms with E-state index in [-0.39, 0.29) is 11.2 Å². The first-order valence-corrected chi connectivity index (χ1v) is 14.0. The minimum Gasteiger partial charge on any atom is -0.507 e.